The van der Waals surface area contributed by atoms with Crippen LogP contribution in [0.15, 0.2) is 30.3 Å². The summed E-state index contributed by atoms with van der Waals surface area (Å²) in [6.45, 7) is 9.25. The van der Waals surface area contributed by atoms with Crippen molar-refractivity contribution in [2.45, 2.75) is 45.6 Å². The first-order valence-electron chi connectivity index (χ1n) is 8.25. The van der Waals surface area contributed by atoms with Gasteiger partial charge in [-0.2, -0.15) is 0 Å². The molecule has 0 aromatic heterocycles. The van der Waals surface area contributed by atoms with Crippen LogP contribution >= 0.6 is 0 Å². The van der Waals surface area contributed by atoms with Gasteiger partial charge in [-0.1, -0.05) is 57.5 Å². The van der Waals surface area contributed by atoms with Crippen LogP contribution in [0.5, 0.6) is 0 Å². The lowest BCUT2D eigenvalue weighted by Crippen LogP contribution is -2.60. The Morgan fingerprint density at radius 2 is 1.95 bits per heavy atom. The normalized spacial score (nSPS) is 17.9. The van der Waals surface area contributed by atoms with Crippen molar-refractivity contribution in [2.24, 2.45) is 5.92 Å². The molecule has 116 valence electrons. The van der Waals surface area contributed by atoms with Crippen LogP contribution in [0, 0.1) is 5.92 Å². The van der Waals surface area contributed by atoms with Crippen molar-refractivity contribution in [3.63, 3.8) is 0 Å². The van der Waals surface area contributed by atoms with Crippen LogP contribution in [0.2, 0.25) is 0 Å². The molecule has 2 atom stereocenters. The molecule has 0 spiro atoms. The maximum atomic E-state index is 13.2. The van der Waals surface area contributed by atoms with Gasteiger partial charge in [0.2, 0.25) is 5.91 Å². The Morgan fingerprint density at radius 3 is 2.43 bits per heavy atom. The van der Waals surface area contributed by atoms with E-state index >= 15 is 0 Å². The maximum absolute atomic E-state index is 13.2. The van der Waals surface area contributed by atoms with Crippen LogP contribution in [0.1, 0.15) is 45.1 Å². The molecule has 3 heteroatoms. The van der Waals surface area contributed by atoms with Gasteiger partial charge < -0.3 is 10.2 Å². The zero-order valence-corrected chi connectivity index (χ0v) is 13.5. The van der Waals surface area contributed by atoms with Gasteiger partial charge >= 0.3 is 0 Å². The van der Waals surface area contributed by atoms with Crippen molar-refractivity contribution in [2.75, 3.05) is 19.6 Å². The van der Waals surface area contributed by atoms with Gasteiger partial charge in [0.1, 0.15) is 0 Å². The van der Waals surface area contributed by atoms with Crippen LogP contribution in [0.4, 0.5) is 0 Å². The van der Waals surface area contributed by atoms with E-state index in [0.29, 0.717) is 17.9 Å². The highest BCUT2D eigenvalue weighted by atomic mass is 16.2. The molecule has 1 heterocycles. The fraction of sp³-hybridized carbons (Fsp3) is 0.611. The largest absolute Gasteiger partial charge is 0.337 e. The molecule has 1 fully saturated rings. The summed E-state index contributed by atoms with van der Waals surface area (Å²) in [4.78, 5) is 15.3. The summed E-state index contributed by atoms with van der Waals surface area (Å²) in [6, 6.07) is 10.7. The number of carbonyl (C=O) groups excluding carboxylic acids is 1. The SMILES string of the molecule is CCCN(C(=O)C(c1ccccc1)C(C)CC)C1CNC1. The van der Waals surface area contributed by atoms with Crippen LogP contribution in [0.25, 0.3) is 0 Å². The van der Waals surface area contributed by atoms with E-state index in [1.807, 2.05) is 18.2 Å². The lowest BCUT2D eigenvalue weighted by atomic mass is 9.84. The second-order valence-corrected chi connectivity index (χ2v) is 6.12. The number of amides is 1. The number of nitrogens with zero attached hydrogens (tertiary/aromatic N) is 1. The summed E-state index contributed by atoms with van der Waals surface area (Å²) in [7, 11) is 0. The Hall–Kier alpha value is -1.35. The minimum atomic E-state index is -0.0108. The van der Waals surface area contributed by atoms with E-state index in [4.69, 9.17) is 0 Å². The Labute approximate surface area is 128 Å². The Morgan fingerprint density at radius 1 is 1.29 bits per heavy atom. The van der Waals surface area contributed by atoms with Gasteiger partial charge in [-0.05, 0) is 17.9 Å². The minimum absolute atomic E-state index is 0.0108. The highest BCUT2D eigenvalue weighted by molar-refractivity contribution is 5.84. The van der Waals surface area contributed by atoms with Crippen LogP contribution in [-0.2, 0) is 4.79 Å². The van der Waals surface area contributed by atoms with Crippen molar-refractivity contribution in [1.29, 1.82) is 0 Å². The summed E-state index contributed by atoms with van der Waals surface area (Å²) in [5.41, 5.74) is 1.16. The number of rotatable bonds is 7. The van der Waals surface area contributed by atoms with Crippen molar-refractivity contribution in [3.8, 4) is 0 Å². The molecular formula is C18H28N2O. The van der Waals surface area contributed by atoms with Crippen molar-refractivity contribution in [3.05, 3.63) is 35.9 Å². The summed E-state index contributed by atoms with van der Waals surface area (Å²) in [5, 5.41) is 3.28. The smallest absolute Gasteiger partial charge is 0.230 e. The van der Waals surface area contributed by atoms with Gasteiger partial charge in [-0.3, -0.25) is 4.79 Å². The number of benzene rings is 1. The first-order valence-corrected chi connectivity index (χ1v) is 8.25. The predicted octanol–water partition coefficient (Wildman–Crippen LogP) is 3.03. The van der Waals surface area contributed by atoms with Crippen LogP contribution in [-0.4, -0.2) is 36.5 Å². The molecule has 0 aliphatic carbocycles. The van der Waals surface area contributed by atoms with Crippen LogP contribution < -0.4 is 5.32 Å². The van der Waals surface area contributed by atoms with Crippen molar-refractivity contribution in [1.82, 2.24) is 10.2 Å². The van der Waals surface area contributed by atoms with Gasteiger partial charge in [0, 0.05) is 19.6 Å². The molecule has 1 saturated heterocycles. The average molecular weight is 288 g/mol. The third-order valence-corrected chi connectivity index (χ3v) is 4.59. The van der Waals surface area contributed by atoms with E-state index < -0.39 is 0 Å². The number of hydrogen-bond donors (Lipinski definition) is 1. The monoisotopic (exact) mass is 288 g/mol. The van der Waals surface area contributed by atoms with E-state index in [0.717, 1.165) is 38.0 Å². The minimum Gasteiger partial charge on any atom is -0.337 e. The van der Waals surface area contributed by atoms with Gasteiger partial charge in [-0.15, -0.1) is 0 Å². The van der Waals surface area contributed by atoms with Crippen molar-refractivity contribution < 1.29 is 4.79 Å². The third kappa shape index (κ3) is 3.65. The van der Waals surface area contributed by atoms with Crippen molar-refractivity contribution >= 4 is 5.91 Å². The van der Waals surface area contributed by atoms with Gasteiger partial charge in [-0.25, -0.2) is 0 Å². The standard InChI is InChI=1S/C18H28N2O/c1-4-11-20(16-12-19-13-16)18(21)17(14(3)5-2)15-9-7-6-8-10-15/h6-10,14,16-17,19H,4-5,11-13H2,1-3H3. The van der Waals surface area contributed by atoms with E-state index in [1.54, 1.807) is 0 Å². The van der Waals surface area contributed by atoms with E-state index in [9.17, 15) is 4.79 Å². The molecule has 0 radical (unpaired) electrons. The molecule has 1 aromatic carbocycles. The molecule has 0 bridgehead atoms. The van der Waals surface area contributed by atoms with E-state index in [-0.39, 0.29) is 5.92 Å². The lowest BCUT2D eigenvalue weighted by molar-refractivity contribution is -0.137. The topological polar surface area (TPSA) is 32.3 Å². The second kappa shape index (κ2) is 7.60. The second-order valence-electron chi connectivity index (χ2n) is 6.12. The molecule has 1 aromatic rings. The summed E-state index contributed by atoms with van der Waals surface area (Å²) < 4.78 is 0. The Balaban J connectivity index is 2.24. The summed E-state index contributed by atoms with van der Waals surface area (Å²) in [5.74, 6) is 0.666. The molecule has 1 aliphatic heterocycles. The van der Waals surface area contributed by atoms with Gasteiger partial charge in [0.05, 0.1) is 12.0 Å². The molecular weight excluding hydrogens is 260 g/mol. The molecule has 1 aliphatic rings. The highest BCUT2D eigenvalue weighted by Gasteiger charge is 2.34. The fourth-order valence-corrected chi connectivity index (χ4v) is 3.00. The molecule has 2 unspecified atom stereocenters. The lowest BCUT2D eigenvalue weighted by Gasteiger charge is -2.41. The Bertz CT molecular complexity index is 442. The number of hydrogen-bond acceptors (Lipinski definition) is 2. The molecule has 3 nitrogen and oxygen atoms in total. The van der Waals surface area contributed by atoms with Gasteiger partial charge in [0.25, 0.3) is 0 Å². The average Bonchev–Trinajstić information content (AvgIpc) is 2.46. The predicted molar refractivity (Wildman–Crippen MR) is 87.3 cm³/mol. The van der Waals surface area contributed by atoms with E-state index in [1.165, 1.54) is 0 Å². The Kier molecular flexibility index (Phi) is 5.80. The first kappa shape index (κ1) is 16.0. The van der Waals surface area contributed by atoms with Gasteiger partial charge in [0.15, 0.2) is 0 Å². The zero-order valence-electron chi connectivity index (χ0n) is 13.5. The number of nitrogens with one attached hydrogen (secondary N) is 1. The highest BCUT2D eigenvalue weighted by Crippen LogP contribution is 2.30. The quantitative estimate of drug-likeness (QED) is 0.836. The zero-order chi connectivity index (χ0) is 15.2. The summed E-state index contributed by atoms with van der Waals surface area (Å²) >= 11 is 0. The molecule has 1 amide bonds. The summed E-state index contributed by atoms with van der Waals surface area (Å²) in [6.07, 6.45) is 2.04. The van der Waals surface area contributed by atoms with Crippen LogP contribution in [0.3, 0.4) is 0 Å². The first-order chi connectivity index (χ1) is 10.2. The number of carbonyl (C=O) groups is 1. The molecule has 2 rings (SSSR count). The third-order valence-electron chi connectivity index (χ3n) is 4.59. The molecule has 21 heavy (non-hydrogen) atoms. The van der Waals surface area contributed by atoms with E-state index in [2.05, 4.69) is 43.1 Å². The maximum Gasteiger partial charge on any atom is 0.230 e. The fourth-order valence-electron chi connectivity index (χ4n) is 3.00. The molecule has 0 saturated carbocycles. The molecule has 1 N–H and O–H groups in total.